The first-order valence-corrected chi connectivity index (χ1v) is 7.00. The van der Waals surface area contributed by atoms with Crippen LogP contribution in [0.2, 0.25) is 10.0 Å². The fourth-order valence-corrected chi connectivity index (χ4v) is 2.95. The first kappa shape index (κ1) is 14.4. The number of hydrogen-bond donors (Lipinski definition) is 0. The molecule has 1 saturated heterocycles. The van der Waals surface area contributed by atoms with Crippen LogP contribution in [0.3, 0.4) is 0 Å². The maximum Gasteiger partial charge on any atom is 0.255 e. The van der Waals surface area contributed by atoms with Crippen LogP contribution in [0, 0.1) is 0 Å². The van der Waals surface area contributed by atoms with Crippen molar-refractivity contribution in [1.29, 1.82) is 0 Å². The normalized spacial score (nSPS) is 18.7. The molecule has 1 aromatic rings. The van der Waals surface area contributed by atoms with Gasteiger partial charge in [-0.1, -0.05) is 23.2 Å². The minimum absolute atomic E-state index is 0.00301. The highest BCUT2D eigenvalue weighted by molar-refractivity contribution is 6.36. The molecule has 1 amide bonds. The largest absolute Gasteiger partial charge is 0.335 e. The smallest absolute Gasteiger partial charge is 0.255 e. The summed E-state index contributed by atoms with van der Waals surface area (Å²) in [5.74, 6) is -0.0164. The number of likely N-dealkylation sites (tertiary alicyclic amines) is 1. The van der Waals surface area contributed by atoms with E-state index < -0.39 is 0 Å². The van der Waals surface area contributed by atoms with Gasteiger partial charge in [0.1, 0.15) is 5.78 Å². The van der Waals surface area contributed by atoms with Gasteiger partial charge in [0.2, 0.25) is 0 Å². The van der Waals surface area contributed by atoms with Gasteiger partial charge < -0.3 is 4.90 Å². The third-order valence-electron chi connectivity index (χ3n) is 3.32. The molecule has 3 nitrogen and oxygen atoms in total. The lowest BCUT2D eigenvalue weighted by Crippen LogP contribution is -2.36. The Morgan fingerprint density at radius 2 is 2.11 bits per heavy atom. The Morgan fingerprint density at radius 1 is 1.37 bits per heavy atom. The molecule has 2 rings (SSSR count). The Bertz CT molecular complexity index is 516. The molecule has 102 valence electrons. The highest BCUT2D eigenvalue weighted by Crippen LogP contribution is 2.27. The summed E-state index contributed by atoms with van der Waals surface area (Å²) in [7, 11) is 0. The zero-order chi connectivity index (χ0) is 14.0. The van der Waals surface area contributed by atoms with Gasteiger partial charge >= 0.3 is 0 Å². The molecule has 1 fully saturated rings. The summed E-state index contributed by atoms with van der Waals surface area (Å²) in [6.07, 6.45) is 2.21. The third-order valence-corrected chi connectivity index (χ3v) is 3.87. The van der Waals surface area contributed by atoms with E-state index in [9.17, 15) is 9.59 Å². The van der Waals surface area contributed by atoms with Crippen LogP contribution in [0.1, 0.15) is 36.5 Å². The van der Waals surface area contributed by atoms with Crippen LogP contribution in [0.4, 0.5) is 0 Å². The van der Waals surface area contributed by atoms with Gasteiger partial charge in [0.05, 0.1) is 10.6 Å². The Hall–Kier alpha value is -1.06. The van der Waals surface area contributed by atoms with E-state index in [0.717, 1.165) is 12.8 Å². The second kappa shape index (κ2) is 5.93. The van der Waals surface area contributed by atoms with Crippen LogP contribution >= 0.6 is 23.2 Å². The molecule has 1 aromatic carbocycles. The topological polar surface area (TPSA) is 37.4 Å². The first-order chi connectivity index (χ1) is 8.99. The minimum atomic E-state index is -0.120. The lowest BCUT2D eigenvalue weighted by atomic mass is 10.1. The van der Waals surface area contributed by atoms with Crippen LogP contribution in [-0.4, -0.2) is 29.2 Å². The van der Waals surface area contributed by atoms with E-state index in [1.807, 2.05) is 0 Å². The summed E-state index contributed by atoms with van der Waals surface area (Å²) in [6.45, 7) is 2.23. The van der Waals surface area contributed by atoms with E-state index in [2.05, 4.69) is 0 Å². The van der Waals surface area contributed by atoms with Crippen LogP contribution < -0.4 is 0 Å². The Labute approximate surface area is 122 Å². The molecule has 0 N–H and O–H groups in total. The standard InChI is InChI=1S/C14H15Cl2NO2/c1-9(18)7-11-3-2-6-17(11)14(19)12-5-4-10(15)8-13(12)16/h4-5,8,11H,2-3,6-7H2,1H3. The minimum Gasteiger partial charge on any atom is -0.335 e. The fourth-order valence-electron chi connectivity index (χ4n) is 2.46. The van der Waals surface area contributed by atoms with Crippen molar-refractivity contribution in [3.8, 4) is 0 Å². The zero-order valence-corrected chi connectivity index (χ0v) is 12.2. The first-order valence-electron chi connectivity index (χ1n) is 6.24. The van der Waals surface area contributed by atoms with Crippen molar-refractivity contribution in [2.24, 2.45) is 0 Å². The molecule has 1 aliphatic heterocycles. The number of benzene rings is 1. The van der Waals surface area contributed by atoms with Gasteiger partial charge in [-0.25, -0.2) is 0 Å². The van der Waals surface area contributed by atoms with Crippen molar-refractivity contribution in [3.05, 3.63) is 33.8 Å². The highest BCUT2D eigenvalue weighted by atomic mass is 35.5. The average molecular weight is 300 g/mol. The van der Waals surface area contributed by atoms with Gasteiger partial charge in [-0.05, 0) is 38.0 Å². The number of nitrogens with zero attached hydrogens (tertiary/aromatic N) is 1. The number of amides is 1. The van der Waals surface area contributed by atoms with Gasteiger partial charge in [0, 0.05) is 24.0 Å². The number of carbonyl (C=O) groups is 2. The Kier molecular flexibility index (Phi) is 4.48. The quantitative estimate of drug-likeness (QED) is 0.855. The lowest BCUT2D eigenvalue weighted by molar-refractivity contribution is -0.117. The van der Waals surface area contributed by atoms with Crippen molar-refractivity contribution in [2.75, 3.05) is 6.54 Å². The lowest BCUT2D eigenvalue weighted by Gasteiger charge is -2.24. The van der Waals surface area contributed by atoms with Crippen LogP contribution in [-0.2, 0) is 4.79 Å². The van der Waals surface area contributed by atoms with Crippen molar-refractivity contribution in [2.45, 2.75) is 32.2 Å². The number of Topliss-reactive ketones (excluding diaryl/α,β-unsaturated/α-hetero) is 1. The molecule has 1 unspecified atom stereocenters. The van der Waals surface area contributed by atoms with E-state index in [0.29, 0.717) is 28.6 Å². The zero-order valence-electron chi connectivity index (χ0n) is 10.7. The molecular weight excluding hydrogens is 285 g/mol. The molecule has 1 aliphatic rings. The van der Waals surface area contributed by atoms with Gasteiger partial charge in [-0.15, -0.1) is 0 Å². The molecule has 0 saturated carbocycles. The molecule has 19 heavy (non-hydrogen) atoms. The van der Waals surface area contributed by atoms with Crippen LogP contribution in [0.25, 0.3) is 0 Å². The van der Waals surface area contributed by atoms with Crippen molar-refractivity contribution < 1.29 is 9.59 Å². The Morgan fingerprint density at radius 3 is 2.74 bits per heavy atom. The van der Waals surface area contributed by atoms with E-state index in [1.54, 1.807) is 30.0 Å². The second-order valence-corrected chi connectivity index (χ2v) is 5.67. The predicted octanol–water partition coefficient (Wildman–Crippen LogP) is 3.58. The highest BCUT2D eigenvalue weighted by Gasteiger charge is 2.30. The molecule has 1 atom stereocenters. The monoisotopic (exact) mass is 299 g/mol. The molecule has 0 aromatic heterocycles. The van der Waals surface area contributed by atoms with Gasteiger partial charge in [0.15, 0.2) is 0 Å². The summed E-state index contributed by atoms with van der Waals surface area (Å²) >= 11 is 11.9. The summed E-state index contributed by atoms with van der Waals surface area (Å²) in [4.78, 5) is 25.4. The molecule has 5 heteroatoms. The Balaban J connectivity index is 2.20. The van der Waals surface area contributed by atoms with Gasteiger partial charge in [-0.2, -0.15) is 0 Å². The third kappa shape index (κ3) is 3.28. The van der Waals surface area contributed by atoms with E-state index >= 15 is 0 Å². The fraction of sp³-hybridized carbons (Fsp3) is 0.429. The summed E-state index contributed by atoms with van der Waals surface area (Å²) in [5.41, 5.74) is 0.446. The molecule has 0 spiro atoms. The maximum atomic E-state index is 12.5. The van der Waals surface area contributed by atoms with Crippen molar-refractivity contribution in [3.63, 3.8) is 0 Å². The number of ketones is 1. The van der Waals surface area contributed by atoms with Crippen molar-refractivity contribution >= 4 is 34.9 Å². The molecular formula is C14H15Cl2NO2. The summed E-state index contributed by atoms with van der Waals surface area (Å²) in [5, 5.41) is 0.856. The number of hydrogen-bond acceptors (Lipinski definition) is 2. The van der Waals surface area contributed by atoms with Gasteiger partial charge in [-0.3, -0.25) is 9.59 Å². The van der Waals surface area contributed by atoms with E-state index in [-0.39, 0.29) is 17.7 Å². The summed E-state index contributed by atoms with van der Waals surface area (Å²) in [6, 6.07) is 4.84. The van der Waals surface area contributed by atoms with Crippen molar-refractivity contribution in [1.82, 2.24) is 4.90 Å². The molecule has 0 aliphatic carbocycles. The summed E-state index contributed by atoms with van der Waals surface area (Å²) < 4.78 is 0. The number of rotatable bonds is 3. The maximum absolute atomic E-state index is 12.5. The average Bonchev–Trinajstić information content (AvgIpc) is 2.75. The van der Waals surface area contributed by atoms with E-state index in [1.165, 1.54) is 0 Å². The van der Waals surface area contributed by atoms with Crippen LogP contribution in [0.15, 0.2) is 18.2 Å². The molecule has 1 heterocycles. The van der Waals surface area contributed by atoms with Gasteiger partial charge in [0.25, 0.3) is 5.91 Å². The molecule has 0 bridgehead atoms. The predicted molar refractivity (Wildman–Crippen MR) is 75.8 cm³/mol. The SMILES string of the molecule is CC(=O)CC1CCCN1C(=O)c1ccc(Cl)cc1Cl. The molecule has 0 radical (unpaired) electrons. The van der Waals surface area contributed by atoms with E-state index in [4.69, 9.17) is 23.2 Å². The second-order valence-electron chi connectivity index (χ2n) is 4.82. The van der Waals surface area contributed by atoms with Crippen LogP contribution in [0.5, 0.6) is 0 Å². The number of halogens is 2. The number of carbonyl (C=O) groups excluding carboxylic acids is 2.